The molecule has 2 rings (SSSR count). The Balaban J connectivity index is 1.97. The molecule has 0 aliphatic carbocycles. The highest BCUT2D eigenvalue weighted by Gasteiger charge is 2.17. The van der Waals surface area contributed by atoms with Crippen LogP contribution in [0.4, 0.5) is 5.95 Å². The van der Waals surface area contributed by atoms with Crippen molar-refractivity contribution in [2.75, 3.05) is 25.0 Å². The van der Waals surface area contributed by atoms with E-state index in [0.29, 0.717) is 11.9 Å². The minimum atomic E-state index is 0.133. The lowest BCUT2D eigenvalue weighted by Gasteiger charge is -2.16. The molecule has 1 aliphatic heterocycles. The van der Waals surface area contributed by atoms with Crippen molar-refractivity contribution >= 4 is 11.9 Å². The van der Waals surface area contributed by atoms with Crippen molar-refractivity contribution in [1.29, 1.82) is 0 Å². The van der Waals surface area contributed by atoms with Crippen molar-refractivity contribution < 1.29 is 4.79 Å². The Labute approximate surface area is 114 Å². The molecule has 0 saturated carbocycles. The zero-order valence-electron chi connectivity index (χ0n) is 11.9. The van der Waals surface area contributed by atoms with E-state index in [1.54, 1.807) is 0 Å². The third-order valence-electron chi connectivity index (χ3n) is 3.32. The van der Waals surface area contributed by atoms with Gasteiger partial charge in [0.2, 0.25) is 11.9 Å². The number of anilines is 1. The molecule has 5 heteroatoms. The molecule has 0 radical (unpaired) electrons. The van der Waals surface area contributed by atoms with E-state index in [4.69, 9.17) is 0 Å². The predicted molar refractivity (Wildman–Crippen MR) is 75.2 cm³/mol. The second-order valence-electron chi connectivity index (χ2n) is 5.35. The molecule has 5 nitrogen and oxygen atoms in total. The SMILES string of the molecule is Cc1cc(C(C)C)nc(NCC(=O)N2CCCC2)n1. The molecular formula is C14H22N4O. The van der Waals surface area contributed by atoms with Gasteiger partial charge < -0.3 is 10.2 Å². The molecule has 19 heavy (non-hydrogen) atoms. The van der Waals surface area contributed by atoms with Crippen molar-refractivity contribution in [2.45, 2.75) is 39.5 Å². The Hall–Kier alpha value is -1.65. The van der Waals surface area contributed by atoms with Crippen LogP contribution >= 0.6 is 0 Å². The quantitative estimate of drug-likeness (QED) is 0.901. The van der Waals surface area contributed by atoms with Gasteiger partial charge in [-0.1, -0.05) is 13.8 Å². The van der Waals surface area contributed by atoms with Crippen molar-refractivity contribution in [3.63, 3.8) is 0 Å². The lowest BCUT2D eigenvalue weighted by Crippen LogP contribution is -2.33. The highest BCUT2D eigenvalue weighted by molar-refractivity contribution is 5.80. The fourth-order valence-corrected chi connectivity index (χ4v) is 2.20. The van der Waals surface area contributed by atoms with E-state index in [0.717, 1.165) is 37.3 Å². The van der Waals surface area contributed by atoms with Gasteiger partial charge in [-0.25, -0.2) is 9.97 Å². The average Bonchev–Trinajstić information content (AvgIpc) is 2.89. The average molecular weight is 262 g/mol. The second kappa shape index (κ2) is 5.99. The number of hydrogen-bond acceptors (Lipinski definition) is 4. The first-order chi connectivity index (χ1) is 9.06. The Bertz CT molecular complexity index is 453. The number of carbonyl (C=O) groups excluding carboxylic acids is 1. The molecule has 0 unspecified atom stereocenters. The Morgan fingerprint density at radius 1 is 1.37 bits per heavy atom. The fourth-order valence-electron chi connectivity index (χ4n) is 2.20. The van der Waals surface area contributed by atoms with Gasteiger partial charge in [0.1, 0.15) is 0 Å². The molecule has 0 bridgehead atoms. The van der Waals surface area contributed by atoms with Gasteiger partial charge in [-0.2, -0.15) is 0 Å². The summed E-state index contributed by atoms with van der Waals surface area (Å²) in [5.74, 6) is 1.04. The van der Waals surface area contributed by atoms with Crippen LogP contribution in [-0.4, -0.2) is 40.4 Å². The summed E-state index contributed by atoms with van der Waals surface area (Å²) in [4.78, 5) is 22.6. The number of hydrogen-bond donors (Lipinski definition) is 1. The lowest BCUT2D eigenvalue weighted by atomic mass is 10.1. The first-order valence-corrected chi connectivity index (χ1v) is 6.93. The van der Waals surface area contributed by atoms with E-state index in [2.05, 4.69) is 29.1 Å². The zero-order valence-corrected chi connectivity index (χ0v) is 11.9. The Kier molecular flexibility index (Phi) is 4.35. The summed E-state index contributed by atoms with van der Waals surface area (Å²) in [6.07, 6.45) is 2.23. The molecule has 1 aromatic heterocycles. The molecule has 1 N–H and O–H groups in total. The third kappa shape index (κ3) is 3.66. The van der Waals surface area contributed by atoms with Gasteiger partial charge in [-0.3, -0.25) is 4.79 Å². The van der Waals surface area contributed by atoms with Crippen molar-refractivity contribution in [1.82, 2.24) is 14.9 Å². The van der Waals surface area contributed by atoms with Gasteiger partial charge in [0.25, 0.3) is 0 Å². The van der Waals surface area contributed by atoms with Crippen LogP contribution in [0.2, 0.25) is 0 Å². The van der Waals surface area contributed by atoms with E-state index in [1.807, 2.05) is 17.9 Å². The molecular weight excluding hydrogens is 240 g/mol. The maximum atomic E-state index is 11.9. The number of nitrogens with zero attached hydrogens (tertiary/aromatic N) is 3. The lowest BCUT2D eigenvalue weighted by molar-refractivity contribution is -0.128. The second-order valence-corrected chi connectivity index (χ2v) is 5.35. The van der Waals surface area contributed by atoms with Crippen LogP contribution < -0.4 is 5.32 Å². The summed E-state index contributed by atoms with van der Waals surface area (Å²) >= 11 is 0. The molecule has 2 heterocycles. The molecule has 0 atom stereocenters. The molecule has 0 spiro atoms. The van der Waals surface area contributed by atoms with Crippen LogP contribution in [0.1, 0.15) is 44.0 Å². The van der Waals surface area contributed by atoms with E-state index in [-0.39, 0.29) is 12.5 Å². The molecule has 104 valence electrons. The maximum Gasteiger partial charge on any atom is 0.241 e. The number of aryl methyl sites for hydroxylation is 1. The van der Waals surface area contributed by atoms with Crippen LogP contribution in [0.15, 0.2) is 6.07 Å². The number of rotatable bonds is 4. The smallest absolute Gasteiger partial charge is 0.241 e. The van der Waals surface area contributed by atoms with Gasteiger partial charge in [0.05, 0.1) is 6.54 Å². The van der Waals surface area contributed by atoms with E-state index < -0.39 is 0 Å². The van der Waals surface area contributed by atoms with Gasteiger partial charge in [0.15, 0.2) is 0 Å². The standard InChI is InChI=1S/C14H22N4O/c1-10(2)12-8-11(3)16-14(17-12)15-9-13(19)18-6-4-5-7-18/h8,10H,4-7,9H2,1-3H3,(H,15,16,17). The van der Waals surface area contributed by atoms with Gasteiger partial charge in [-0.05, 0) is 31.7 Å². The fraction of sp³-hybridized carbons (Fsp3) is 0.643. The number of nitrogens with one attached hydrogen (secondary N) is 1. The molecule has 1 aromatic rings. The molecule has 1 saturated heterocycles. The van der Waals surface area contributed by atoms with Crippen molar-refractivity contribution in [2.24, 2.45) is 0 Å². The van der Waals surface area contributed by atoms with Crippen LogP contribution in [0.25, 0.3) is 0 Å². The summed E-state index contributed by atoms with van der Waals surface area (Å²) in [5, 5.41) is 3.04. The monoisotopic (exact) mass is 262 g/mol. The summed E-state index contributed by atoms with van der Waals surface area (Å²) in [5.41, 5.74) is 1.93. The zero-order chi connectivity index (χ0) is 13.8. The maximum absolute atomic E-state index is 11.9. The first kappa shape index (κ1) is 13.8. The number of likely N-dealkylation sites (tertiary alicyclic amines) is 1. The van der Waals surface area contributed by atoms with E-state index in [1.165, 1.54) is 0 Å². The minimum absolute atomic E-state index is 0.133. The molecule has 1 amide bonds. The molecule has 1 fully saturated rings. The highest BCUT2D eigenvalue weighted by atomic mass is 16.2. The van der Waals surface area contributed by atoms with E-state index >= 15 is 0 Å². The Morgan fingerprint density at radius 2 is 2.05 bits per heavy atom. The molecule has 0 aromatic carbocycles. The van der Waals surface area contributed by atoms with Crippen LogP contribution in [0, 0.1) is 6.92 Å². The topological polar surface area (TPSA) is 58.1 Å². The normalized spacial score (nSPS) is 15.1. The minimum Gasteiger partial charge on any atom is -0.345 e. The van der Waals surface area contributed by atoms with Crippen LogP contribution in [0.3, 0.4) is 0 Å². The van der Waals surface area contributed by atoms with Gasteiger partial charge in [-0.15, -0.1) is 0 Å². The first-order valence-electron chi connectivity index (χ1n) is 6.93. The van der Waals surface area contributed by atoms with Crippen molar-refractivity contribution in [3.05, 3.63) is 17.5 Å². The van der Waals surface area contributed by atoms with E-state index in [9.17, 15) is 4.79 Å². The third-order valence-corrected chi connectivity index (χ3v) is 3.32. The summed E-state index contributed by atoms with van der Waals surface area (Å²) < 4.78 is 0. The van der Waals surface area contributed by atoms with Gasteiger partial charge in [0, 0.05) is 24.5 Å². The van der Waals surface area contributed by atoms with Crippen LogP contribution in [-0.2, 0) is 4.79 Å². The number of aromatic nitrogens is 2. The van der Waals surface area contributed by atoms with Crippen LogP contribution in [0.5, 0.6) is 0 Å². The Morgan fingerprint density at radius 3 is 2.68 bits per heavy atom. The molecule has 1 aliphatic rings. The predicted octanol–water partition coefficient (Wildman–Crippen LogP) is 1.94. The summed E-state index contributed by atoms with van der Waals surface area (Å²) in [6.45, 7) is 8.18. The highest BCUT2D eigenvalue weighted by Crippen LogP contribution is 2.14. The largest absolute Gasteiger partial charge is 0.345 e. The van der Waals surface area contributed by atoms with Crippen molar-refractivity contribution in [3.8, 4) is 0 Å². The van der Waals surface area contributed by atoms with Gasteiger partial charge >= 0.3 is 0 Å². The number of carbonyl (C=O) groups is 1. The summed E-state index contributed by atoms with van der Waals surface area (Å²) in [7, 11) is 0. The summed E-state index contributed by atoms with van der Waals surface area (Å²) in [6, 6.07) is 1.98. The number of amides is 1.